The largest absolute Gasteiger partial charge is 0.492 e. The summed E-state index contributed by atoms with van der Waals surface area (Å²) in [5.74, 6) is 2.10. The summed E-state index contributed by atoms with van der Waals surface area (Å²) in [5, 5.41) is 10.4. The third kappa shape index (κ3) is 4.21. The molecular weight excluding hydrogens is 358 g/mol. The predicted molar refractivity (Wildman–Crippen MR) is 106 cm³/mol. The maximum atomic E-state index is 12.5. The highest BCUT2D eigenvalue weighted by Gasteiger charge is 2.26. The highest BCUT2D eigenvalue weighted by Crippen LogP contribution is 2.30. The second kappa shape index (κ2) is 8.08. The molecule has 1 aliphatic heterocycles. The SMILES string of the molecule is CCOc1ccccc1NC(=O)NC1CCc2nn(CC3CC3)c(=O)n2CC1. The molecule has 8 nitrogen and oxygen atoms in total. The number of ether oxygens (including phenoxy) is 1. The number of para-hydroxylation sites is 2. The predicted octanol–water partition coefficient (Wildman–Crippen LogP) is 2.38. The van der Waals surface area contributed by atoms with Crippen LogP contribution < -0.4 is 21.1 Å². The first-order valence-electron chi connectivity index (χ1n) is 10.1. The fourth-order valence-electron chi connectivity index (χ4n) is 3.63. The summed E-state index contributed by atoms with van der Waals surface area (Å²) in [5.41, 5.74) is 0.629. The summed E-state index contributed by atoms with van der Waals surface area (Å²) in [6.07, 6.45) is 4.56. The van der Waals surface area contributed by atoms with Gasteiger partial charge in [-0.15, -0.1) is 0 Å². The van der Waals surface area contributed by atoms with Crippen molar-refractivity contribution in [2.24, 2.45) is 5.92 Å². The lowest BCUT2D eigenvalue weighted by atomic mass is 10.1. The van der Waals surface area contributed by atoms with Crippen LogP contribution >= 0.6 is 0 Å². The van der Waals surface area contributed by atoms with E-state index in [0.717, 1.165) is 18.8 Å². The minimum absolute atomic E-state index is 0.00256. The zero-order chi connectivity index (χ0) is 19.5. The van der Waals surface area contributed by atoms with E-state index in [1.807, 2.05) is 31.2 Å². The number of hydrogen-bond acceptors (Lipinski definition) is 4. The Bertz CT molecular complexity index is 899. The monoisotopic (exact) mass is 385 g/mol. The van der Waals surface area contributed by atoms with E-state index in [9.17, 15) is 9.59 Å². The summed E-state index contributed by atoms with van der Waals surface area (Å²) in [7, 11) is 0. The van der Waals surface area contributed by atoms with Crippen molar-refractivity contribution in [1.82, 2.24) is 19.7 Å². The summed E-state index contributed by atoms with van der Waals surface area (Å²) in [6.45, 7) is 3.76. The van der Waals surface area contributed by atoms with Crippen LogP contribution in [-0.2, 0) is 19.5 Å². The molecule has 2 heterocycles. The van der Waals surface area contributed by atoms with Crippen LogP contribution in [0.2, 0.25) is 0 Å². The van der Waals surface area contributed by atoms with Crippen molar-refractivity contribution in [2.75, 3.05) is 11.9 Å². The van der Waals surface area contributed by atoms with Gasteiger partial charge in [0.15, 0.2) is 0 Å². The lowest BCUT2D eigenvalue weighted by molar-refractivity contribution is 0.246. The van der Waals surface area contributed by atoms with Crippen LogP contribution in [-0.4, -0.2) is 33.0 Å². The molecule has 8 heteroatoms. The Morgan fingerprint density at radius 2 is 2.07 bits per heavy atom. The van der Waals surface area contributed by atoms with E-state index < -0.39 is 0 Å². The first kappa shape index (κ1) is 18.6. The van der Waals surface area contributed by atoms with Gasteiger partial charge in [-0.3, -0.25) is 4.57 Å². The molecule has 2 amide bonds. The number of aryl methyl sites for hydroxylation is 1. The van der Waals surface area contributed by atoms with E-state index in [2.05, 4.69) is 15.7 Å². The number of amides is 2. The quantitative estimate of drug-likeness (QED) is 0.799. The number of carbonyl (C=O) groups is 1. The minimum atomic E-state index is -0.261. The molecule has 2 aliphatic rings. The molecule has 0 saturated heterocycles. The normalized spacial score (nSPS) is 18.8. The first-order valence-corrected chi connectivity index (χ1v) is 10.1. The summed E-state index contributed by atoms with van der Waals surface area (Å²) in [6, 6.07) is 7.11. The number of rotatable bonds is 6. The Hall–Kier alpha value is -2.77. The van der Waals surface area contributed by atoms with Gasteiger partial charge in [0, 0.05) is 25.6 Å². The van der Waals surface area contributed by atoms with Crippen LogP contribution in [0.1, 0.15) is 38.4 Å². The molecule has 0 spiro atoms. The maximum Gasteiger partial charge on any atom is 0.345 e. The third-order valence-corrected chi connectivity index (χ3v) is 5.32. The highest BCUT2D eigenvalue weighted by molar-refractivity contribution is 5.91. The zero-order valence-electron chi connectivity index (χ0n) is 16.2. The molecule has 4 rings (SSSR count). The van der Waals surface area contributed by atoms with Crippen LogP contribution in [0.15, 0.2) is 29.1 Å². The Balaban J connectivity index is 1.35. The van der Waals surface area contributed by atoms with Crippen molar-refractivity contribution in [3.63, 3.8) is 0 Å². The van der Waals surface area contributed by atoms with Crippen molar-refractivity contribution in [1.29, 1.82) is 0 Å². The molecule has 1 aromatic heterocycles. The highest BCUT2D eigenvalue weighted by atomic mass is 16.5. The van der Waals surface area contributed by atoms with Gasteiger partial charge in [-0.2, -0.15) is 5.10 Å². The van der Waals surface area contributed by atoms with Crippen LogP contribution in [0.3, 0.4) is 0 Å². The van der Waals surface area contributed by atoms with Crippen molar-refractivity contribution < 1.29 is 9.53 Å². The lowest BCUT2D eigenvalue weighted by Crippen LogP contribution is -2.38. The van der Waals surface area contributed by atoms with Gasteiger partial charge in [0.25, 0.3) is 0 Å². The average Bonchev–Trinajstić information content (AvgIpc) is 3.47. The molecule has 2 aromatic rings. The molecule has 1 fully saturated rings. The van der Waals surface area contributed by atoms with Gasteiger partial charge in [-0.1, -0.05) is 12.1 Å². The van der Waals surface area contributed by atoms with Gasteiger partial charge >= 0.3 is 11.7 Å². The minimum Gasteiger partial charge on any atom is -0.492 e. The van der Waals surface area contributed by atoms with Crippen molar-refractivity contribution in [3.05, 3.63) is 40.6 Å². The number of hydrogen-bond donors (Lipinski definition) is 2. The number of fused-ring (bicyclic) bond motifs is 1. The van der Waals surface area contributed by atoms with E-state index in [1.54, 1.807) is 9.25 Å². The van der Waals surface area contributed by atoms with Gasteiger partial charge in [0.05, 0.1) is 12.3 Å². The smallest absolute Gasteiger partial charge is 0.345 e. The third-order valence-electron chi connectivity index (χ3n) is 5.32. The molecule has 2 N–H and O–H groups in total. The summed E-state index contributed by atoms with van der Waals surface area (Å²) in [4.78, 5) is 25.0. The van der Waals surface area contributed by atoms with E-state index in [-0.39, 0.29) is 17.8 Å². The van der Waals surface area contributed by atoms with Crippen LogP contribution in [0, 0.1) is 5.92 Å². The topological polar surface area (TPSA) is 90.2 Å². The van der Waals surface area contributed by atoms with Gasteiger partial charge in [0.2, 0.25) is 0 Å². The number of carbonyl (C=O) groups excluding carboxylic acids is 1. The van der Waals surface area contributed by atoms with Crippen LogP contribution in [0.4, 0.5) is 10.5 Å². The zero-order valence-corrected chi connectivity index (χ0v) is 16.2. The van der Waals surface area contributed by atoms with Gasteiger partial charge in [-0.25, -0.2) is 14.3 Å². The van der Waals surface area contributed by atoms with E-state index in [1.165, 1.54) is 12.8 Å². The number of nitrogens with one attached hydrogen (secondary N) is 2. The first-order chi connectivity index (χ1) is 13.6. The van der Waals surface area contributed by atoms with Crippen LogP contribution in [0.25, 0.3) is 0 Å². The molecule has 1 unspecified atom stereocenters. The number of benzene rings is 1. The summed E-state index contributed by atoms with van der Waals surface area (Å²) >= 11 is 0. The second-order valence-corrected chi connectivity index (χ2v) is 7.53. The number of urea groups is 1. The van der Waals surface area contributed by atoms with Crippen molar-refractivity contribution in [3.8, 4) is 5.75 Å². The molecule has 0 radical (unpaired) electrons. The van der Waals surface area contributed by atoms with Gasteiger partial charge in [0.1, 0.15) is 11.6 Å². The molecule has 0 bridgehead atoms. The Morgan fingerprint density at radius 3 is 2.86 bits per heavy atom. The van der Waals surface area contributed by atoms with E-state index >= 15 is 0 Å². The molecule has 1 saturated carbocycles. The standard InChI is InChI=1S/C20H27N5O3/c1-2-28-17-6-4-3-5-16(17)22-19(26)21-15-9-10-18-23-25(13-14-7-8-14)20(27)24(18)12-11-15/h3-6,14-15H,2,7-13H2,1H3,(H2,21,22,26). The fraction of sp³-hybridized carbons (Fsp3) is 0.550. The molecule has 1 aliphatic carbocycles. The Morgan fingerprint density at radius 1 is 1.25 bits per heavy atom. The molecule has 28 heavy (non-hydrogen) atoms. The van der Waals surface area contributed by atoms with Crippen molar-refractivity contribution in [2.45, 2.75) is 58.2 Å². The van der Waals surface area contributed by atoms with E-state index in [4.69, 9.17) is 4.74 Å². The number of anilines is 1. The molecule has 150 valence electrons. The van der Waals surface area contributed by atoms with Crippen LogP contribution in [0.5, 0.6) is 5.75 Å². The number of aromatic nitrogens is 3. The molecular formula is C20H27N5O3. The van der Waals surface area contributed by atoms with Gasteiger partial charge < -0.3 is 15.4 Å². The number of nitrogens with zero attached hydrogens (tertiary/aromatic N) is 3. The average molecular weight is 385 g/mol. The molecule has 1 atom stereocenters. The Kier molecular flexibility index (Phi) is 5.36. The second-order valence-electron chi connectivity index (χ2n) is 7.53. The van der Waals surface area contributed by atoms with Crippen molar-refractivity contribution >= 4 is 11.7 Å². The molecule has 1 aromatic carbocycles. The Labute approximate surface area is 163 Å². The fourth-order valence-corrected chi connectivity index (χ4v) is 3.63. The lowest BCUT2D eigenvalue weighted by Gasteiger charge is -2.17. The summed E-state index contributed by atoms with van der Waals surface area (Å²) < 4.78 is 8.94. The maximum absolute atomic E-state index is 12.5. The van der Waals surface area contributed by atoms with E-state index in [0.29, 0.717) is 43.3 Å². The van der Waals surface area contributed by atoms with Gasteiger partial charge in [-0.05, 0) is 50.7 Å².